The van der Waals surface area contributed by atoms with Gasteiger partial charge in [0.1, 0.15) is 0 Å². The van der Waals surface area contributed by atoms with E-state index in [1.54, 1.807) is 7.11 Å². The maximum absolute atomic E-state index is 11.7. The molecule has 0 aliphatic carbocycles. The molecule has 4 nitrogen and oxygen atoms in total. The molecule has 1 unspecified atom stereocenters. The summed E-state index contributed by atoms with van der Waals surface area (Å²) < 4.78 is 5.07. The molecule has 2 N–H and O–H groups in total. The Morgan fingerprint density at radius 3 is 2.67 bits per heavy atom. The summed E-state index contributed by atoms with van der Waals surface area (Å²) in [6.45, 7) is 4.88. The highest BCUT2D eigenvalue weighted by Crippen LogP contribution is 2.17. The van der Waals surface area contributed by atoms with Crippen LogP contribution in [0.1, 0.15) is 39.0 Å². The van der Waals surface area contributed by atoms with Gasteiger partial charge in [0.2, 0.25) is 5.91 Å². The van der Waals surface area contributed by atoms with Crippen LogP contribution in [0.4, 0.5) is 0 Å². The van der Waals surface area contributed by atoms with E-state index in [0.717, 1.165) is 31.8 Å². The molecule has 0 saturated carbocycles. The first-order valence-corrected chi connectivity index (χ1v) is 6.75. The molecule has 5 heteroatoms. The Morgan fingerprint density at radius 2 is 2.11 bits per heavy atom. The molecule has 18 heavy (non-hydrogen) atoms. The van der Waals surface area contributed by atoms with Gasteiger partial charge in [-0.2, -0.15) is 0 Å². The van der Waals surface area contributed by atoms with Crippen molar-refractivity contribution < 1.29 is 9.53 Å². The molecule has 1 heterocycles. The molecule has 0 spiro atoms. The lowest BCUT2D eigenvalue weighted by atomic mass is 9.93. The summed E-state index contributed by atoms with van der Waals surface area (Å²) in [5.74, 6) is 0.900. The van der Waals surface area contributed by atoms with Gasteiger partial charge >= 0.3 is 0 Å². The van der Waals surface area contributed by atoms with Gasteiger partial charge in [-0.15, -0.1) is 12.4 Å². The lowest BCUT2D eigenvalue weighted by Crippen LogP contribution is -2.37. The minimum Gasteiger partial charge on any atom is -0.383 e. The molecule has 1 aliphatic heterocycles. The van der Waals surface area contributed by atoms with Crippen LogP contribution in [-0.4, -0.2) is 38.8 Å². The van der Waals surface area contributed by atoms with Crippen molar-refractivity contribution in [1.82, 2.24) is 10.6 Å². The third-order valence-electron chi connectivity index (χ3n) is 3.46. The standard InChI is InChI=1S/C13H26N2O2.ClH/c1-3-12(10-17-2)15-13(16)5-4-11-6-8-14-9-7-11;/h11-12,14H,3-10H2,1-2H3,(H,15,16);1H. The summed E-state index contributed by atoms with van der Waals surface area (Å²) in [7, 11) is 1.67. The van der Waals surface area contributed by atoms with E-state index in [0.29, 0.717) is 13.0 Å². The molecule has 0 aromatic rings. The van der Waals surface area contributed by atoms with Crippen LogP contribution < -0.4 is 10.6 Å². The van der Waals surface area contributed by atoms with E-state index in [1.807, 2.05) is 0 Å². The van der Waals surface area contributed by atoms with E-state index in [4.69, 9.17) is 4.74 Å². The Hall–Kier alpha value is -0.320. The number of piperidine rings is 1. The SMILES string of the molecule is CCC(COC)NC(=O)CCC1CCNCC1.Cl. The second kappa shape index (κ2) is 10.6. The smallest absolute Gasteiger partial charge is 0.220 e. The highest BCUT2D eigenvalue weighted by molar-refractivity contribution is 5.85. The molecule has 1 saturated heterocycles. The van der Waals surface area contributed by atoms with Crippen LogP contribution in [0.15, 0.2) is 0 Å². The van der Waals surface area contributed by atoms with Gasteiger partial charge in [-0.3, -0.25) is 4.79 Å². The van der Waals surface area contributed by atoms with Gasteiger partial charge in [0.05, 0.1) is 12.6 Å². The fraction of sp³-hybridized carbons (Fsp3) is 0.923. The highest BCUT2D eigenvalue weighted by atomic mass is 35.5. The fourth-order valence-corrected chi connectivity index (χ4v) is 2.27. The second-order valence-electron chi connectivity index (χ2n) is 4.86. The first kappa shape index (κ1) is 17.7. The fourth-order valence-electron chi connectivity index (χ4n) is 2.27. The Bertz CT molecular complexity index is 221. The average molecular weight is 279 g/mol. The number of ether oxygens (including phenoxy) is 1. The number of carbonyl (C=O) groups excluding carboxylic acids is 1. The average Bonchev–Trinajstić information content (AvgIpc) is 2.37. The van der Waals surface area contributed by atoms with Crippen molar-refractivity contribution in [2.24, 2.45) is 5.92 Å². The van der Waals surface area contributed by atoms with E-state index in [1.165, 1.54) is 12.8 Å². The van der Waals surface area contributed by atoms with Gasteiger partial charge in [-0.25, -0.2) is 0 Å². The van der Waals surface area contributed by atoms with Crippen LogP contribution in [0.25, 0.3) is 0 Å². The summed E-state index contributed by atoms with van der Waals surface area (Å²) in [4.78, 5) is 11.7. The zero-order chi connectivity index (χ0) is 12.5. The molecule has 1 atom stereocenters. The Balaban J connectivity index is 0.00000289. The number of carbonyl (C=O) groups is 1. The van der Waals surface area contributed by atoms with Gasteiger partial charge in [-0.1, -0.05) is 6.92 Å². The van der Waals surface area contributed by atoms with Crippen molar-refractivity contribution in [3.63, 3.8) is 0 Å². The maximum atomic E-state index is 11.7. The molecule has 1 aliphatic rings. The van der Waals surface area contributed by atoms with Gasteiger partial charge in [0.25, 0.3) is 0 Å². The molecule has 1 fully saturated rings. The molecular formula is C13H27ClN2O2. The summed E-state index contributed by atoms with van der Waals surface area (Å²) in [5.41, 5.74) is 0. The molecular weight excluding hydrogens is 252 g/mol. The maximum Gasteiger partial charge on any atom is 0.220 e. The van der Waals surface area contributed by atoms with E-state index >= 15 is 0 Å². The molecule has 0 aromatic heterocycles. The van der Waals surface area contributed by atoms with Crippen LogP contribution in [0.3, 0.4) is 0 Å². The first-order chi connectivity index (χ1) is 8.26. The lowest BCUT2D eigenvalue weighted by molar-refractivity contribution is -0.122. The van der Waals surface area contributed by atoms with Gasteiger partial charge < -0.3 is 15.4 Å². The van der Waals surface area contributed by atoms with Crippen molar-refractivity contribution in [3.05, 3.63) is 0 Å². The molecule has 0 bridgehead atoms. The monoisotopic (exact) mass is 278 g/mol. The molecule has 0 aromatic carbocycles. The quantitative estimate of drug-likeness (QED) is 0.746. The number of amides is 1. The Kier molecular flexibility index (Phi) is 10.4. The predicted octanol–water partition coefficient (Wildman–Crippen LogP) is 1.73. The Labute approximate surface area is 117 Å². The minimum atomic E-state index is 0. The van der Waals surface area contributed by atoms with Gasteiger partial charge in [0.15, 0.2) is 0 Å². The third kappa shape index (κ3) is 7.19. The zero-order valence-corrected chi connectivity index (χ0v) is 12.4. The first-order valence-electron chi connectivity index (χ1n) is 6.75. The van der Waals surface area contributed by atoms with Crippen LogP contribution in [-0.2, 0) is 9.53 Å². The van der Waals surface area contributed by atoms with E-state index in [-0.39, 0.29) is 24.4 Å². The number of rotatable bonds is 7. The van der Waals surface area contributed by atoms with Crippen molar-refractivity contribution in [2.45, 2.75) is 45.1 Å². The third-order valence-corrected chi connectivity index (χ3v) is 3.46. The van der Waals surface area contributed by atoms with Crippen molar-refractivity contribution >= 4 is 18.3 Å². The summed E-state index contributed by atoms with van der Waals surface area (Å²) >= 11 is 0. The number of halogens is 1. The number of hydrogen-bond acceptors (Lipinski definition) is 3. The van der Waals surface area contributed by atoms with Gasteiger partial charge in [-0.05, 0) is 44.7 Å². The molecule has 0 radical (unpaired) electrons. The number of nitrogens with one attached hydrogen (secondary N) is 2. The van der Waals surface area contributed by atoms with Gasteiger partial charge in [0, 0.05) is 13.5 Å². The minimum absolute atomic E-state index is 0. The van der Waals surface area contributed by atoms with Crippen LogP contribution in [0.5, 0.6) is 0 Å². The molecule has 1 rings (SSSR count). The summed E-state index contributed by atoms with van der Waals surface area (Å²) in [6, 6.07) is 0.167. The Morgan fingerprint density at radius 1 is 1.44 bits per heavy atom. The van der Waals surface area contributed by atoms with Crippen molar-refractivity contribution in [3.8, 4) is 0 Å². The summed E-state index contributed by atoms with van der Waals surface area (Å²) in [5, 5.41) is 6.37. The second-order valence-corrected chi connectivity index (χ2v) is 4.86. The van der Waals surface area contributed by atoms with Crippen LogP contribution in [0.2, 0.25) is 0 Å². The molecule has 108 valence electrons. The van der Waals surface area contributed by atoms with E-state index in [2.05, 4.69) is 17.6 Å². The number of hydrogen-bond donors (Lipinski definition) is 2. The molecule has 1 amide bonds. The van der Waals surface area contributed by atoms with Crippen LogP contribution >= 0.6 is 12.4 Å². The van der Waals surface area contributed by atoms with Crippen molar-refractivity contribution in [2.75, 3.05) is 26.8 Å². The highest BCUT2D eigenvalue weighted by Gasteiger charge is 2.15. The normalized spacial score (nSPS) is 17.9. The topological polar surface area (TPSA) is 50.4 Å². The van der Waals surface area contributed by atoms with Crippen LogP contribution in [0, 0.1) is 5.92 Å². The zero-order valence-electron chi connectivity index (χ0n) is 11.5. The lowest BCUT2D eigenvalue weighted by Gasteiger charge is -2.22. The van der Waals surface area contributed by atoms with E-state index < -0.39 is 0 Å². The van der Waals surface area contributed by atoms with Crippen molar-refractivity contribution in [1.29, 1.82) is 0 Å². The number of methoxy groups -OCH3 is 1. The summed E-state index contributed by atoms with van der Waals surface area (Å²) in [6.07, 6.45) is 5.03. The van der Waals surface area contributed by atoms with E-state index in [9.17, 15) is 4.79 Å². The predicted molar refractivity (Wildman–Crippen MR) is 76.2 cm³/mol. The largest absolute Gasteiger partial charge is 0.383 e.